The van der Waals surface area contributed by atoms with Crippen molar-refractivity contribution in [3.8, 4) is 0 Å². The van der Waals surface area contributed by atoms with Crippen LogP contribution >= 0.6 is 0 Å². The van der Waals surface area contributed by atoms with Crippen LogP contribution in [0, 0.1) is 6.92 Å². The molecule has 0 radical (unpaired) electrons. The van der Waals surface area contributed by atoms with Gasteiger partial charge in [0, 0.05) is 19.0 Å². The molecule has 0 bridgehead atoms. The number of anilines is 1. The molecular weight excluding hydrogens is 558 g/mol. The Kier molecular flexibility index (Phi) is 10.3. The summed E-state index contributed by atoms with van der Waals surface area (Å²) < 4.78 is 27.3. The van der Waals surface area contributed by atoms with E-state index in [4.69, 9.17) is 0 Å². The van der Waals surface area contributed by atoms with Gasteiger partial charge >= 0.3 is 0 Å². The lowest BCUT2D eigenvalue weighted by atomic mass is 9.87. The molecule has 1 N–H and O–H groups in total. The van der Waals surface area contributed by atoms with E-state index >= 15 is 0 Å². The van der Waals surface area contributed by atoms with E-state index in [0.717, 1.165) is 58.5 Å². The summed E-state index contributed by atoms with van der Waals surface area (Å²) in [5.41, 5.74) is 4.24. The van der Waals surface area contributed by atoms with E-state index in [0.29, 0.717) is 12.1 Å². The maximum atomic E-state index is 14.3. The van der Waals surface area contributed by atoms with Gasteiger partial charge in [0.05, 0.1) is 11.9 Å². The van der Waals surface area contributed by atoms with Crippen LogP contribution in [0.4, 0.5) is 5.69 Å². The average Bonchev–Trinajstić information content (AvgIpc) is 3.47. The smallest absolute Gasteiger partial charge is 0.244 e. The molecule has 3 aromatic rings. The number of amides is 2. The molecular formula is C35H45N3O4S. The van der Waals surface area contributed by atoms with Crippen LogP contribution in [0.1, 0.15) is 68.7 Å². The van der Waals surface area contributed by atoms with Crippen molar-refractivity contribution in [1.82, 2.24) is 10.2 Å². The van der Waals surface area contributed by atoms with E-state index in [9.17, 15) is 18.0 Å². The molecule has 8 heteroatoms. The molecule has 1 aliphatic carbocycles. The molecule has 1 fully saturated rings. The second-order valence-corrected chi connectivity index (χ2v) is 14.7. The van der Waals surface area contributed by atoms with Crippen molar-refractivity contribution >= 4 is 27.5 Å². The number of carbonyl (C=O) groups is 2. The minimum Gasteiger partial charge on any atom is -0.352 e. The Balaban J connectivity index is 1.71. The highest BCUT2D eigenvalue weighted by Gasteiger charge is 2.34. The molecule has 0 unspecified atom stereocenters. The number of nitrogens with zero attached hydrogens (tertiary/aromatic N) is 2. The predicted molar refractivity (Wildman–Crippen MR) is 173 cm³/mol. The van der Waals surface area contributed by atoms with E-state index < -0.39 is 28.5 Å². The Morgan fingerprint density at radius 1 is 0.884 bits per heavy atom. The fourth-order valence-corrected chi connectivity index (χ4v) is 6.40. The number of sulfonamides is 1. The van der Waals surface area contributed by atoms with Gasteiger partial charge in [-0.15, -0.1) is 0 Å². The SMILES string of the molecule is Cc1ccc(CN(C(=O)CN(c2ccc(C(C)(C)C)cc2)S(C)(=O)=O)[C@H](Cc2ccccc2)C(=O)NC2CCCC2)cc1. The fraction of sp³-hybridized carbons (Fsp3) is 0.429. The van der Waals surface area contributed by atoms with Crippen molar-refractivity contribution in [2.24, 2.45) is 0 Å². The van der Waals surface area contributed by atoms with E-state index in [1.165, 1.54) is 0 Å². The van der Waals surface area contributed by atoms with Crippen molar-refractivity contribution in [2.45, 2.75) is 83.8 Å². The number of hydrogen-bond donors (Lipinski definition) is 1. The Hall–Kier alpha value is -3.65. The van der Waals surface area contributed by atoms with Crippen LogP contribution < -0.4 is 9.62 Å². The van der Waals surface area contributed by atoms with Gasteiger partial charge in [-0.1, -0.05) is 106 Å². The molecule has 7 nitrogen and oxygen atoms in total. The summed E-state index contributed by atoms with van der Waals surface area (Å²) in [6, 6.07) is 24.0. The summed E-state index contributed by atoms with van der Waals surface area (Å²) >= 11 is 0. The second-order valence-electron chi connectivity index (χ2n) is 12.8. The number of aryl methyl sites for hydroxylation is 1. The third kappa shape index (κ3) is 8.92. The number of hydrogen-bond acceptors (Lipinski definition) is 4. The highest BCUT2D eigenvalue weighted by Crippen LogP contribution is 2.27. The molecule has 0 heterocycles. The van der Waals surface area contributed by atoms with E-state index in [1.54, 1.807) is 17.0 Å². The molecule has 1 saturated carbocycles. The minimum atomic E-state index is -3.81. The van der Waals surface area contributed by atoms with Crippen LogP contribution in [0.3, 0.4) is 0 Å². The third-order valence-corrected chi connectivity index (χ3v) is 9.29. The maximum absolute atomic E-state index is 14.3. The first-order chi connectivity index (χ1) is 20.3. The summed E-state index contributed by atoms with van der Waals surface area (Å²) in [7, 11) is -3.81. The second kappa shape index (κ2) is 13.8. The number of benzene rings is 3. The molecule has 0 saturated heterocycles. The van der Waals surface area contributed by atoms with Gasteiger partial charge in [0.1, 0.15) is 12.6 Å². The molecule has 4 rings (SSSR count). The lowest BCUT2D eigenvalue weighted by Crippen LogP contribution is -2.54. The summed E-state index contributed by atoms with van der Waals surface area (Å²) in [5.74, 6) is -0.648. The first-order valence-electron chi connectivity index (χ1n) is 15.1. The van der Waals surface area contributed by atoms with Crippen molar-refractivity contribution < 1.29 is 18.0 Å². The van der Waals surface area contributed by atoms with Crippen molar-refractivity contribution in [1.29, 1.82) is 0 Å². The standard InChI is InChI=1S/C35H45N3O4S/c1-26-15-17-28(18-16-26)24-37(32(23-27-11-7-6-8-12-27)34(40)36-30-13-9-10-14-30)33(39)25-38(43(5,41)42)31-21-19-29(20-22-31)35(2,3)4/h6-8,11-12,15-22,30,32H,9-10,13-14,23-25H2,1-5H3,(H,36,40)/t32-/m1/s1. The maximum Gasteiger partial charge on any atom is 0.244 e. The number of rotatable bonds is 11. The zero-order valence-electron chi connectivity index (χ0n) is 26.0. The minimum absolute atomic E-state index is 0.0796. The van der Waals surface area contributed by atoms with Crippen LogP contribution in [-0.2, 0) is 38.0 Å². The molecule has 0 aromatic heterocycles. The van der Waals surface area contributed by atoms with Crippen LogP contribution in [-0.4, -0.2) is 50.0 Å². The Bertz CT molecular complexity index is 1470. The van der Waals surface area contributed by atoms with Gasteiger partial charge in [0.15, 0.2) is 0 Å². The molecule has 0 spiro atoms. The van der Waals surface area contributed by atoms with Crippen molar-refractivity contribution in [3.63, 3.8) is 0 Å². The van der Waals surface area contributed by atoms with Gasteiger partial charge in [-0.25, -0.2) is 8.42 Å². The first-order valence-corrected chi connectivity index (χ1v) is 16.9. The van der Waals surface area contributed by atoms with Gasteiger partial charge in [0.2, 0.25) is 21.8 Å². The van der Waals surface area contributed by atoms with Crippen molar-refractivity contribution in [2.75, 3.05) is 17.1 Å². The Labute approximate surface area is 257 Å². The fourth-order valence-electron chi connectivity index (χ4n) is 5.55. The molecule has 43 heavy (non-hydrogen) atoms. The van der Waals surface area contributed by atoms with Crippen LogP contribution in [0.5, 0.6) is 0 Å². The van der Waals surface area contributed by atoms with Crippen LogP contribution in [0.2, 0.25) is 0 Å². The highest BCUT2D eigenvalue weighted by molar-refractivity contribution is 7.92. The first kappa shape index (κ1) is 32.3. The number of nitrogens with one attached hydrogen (secondary N) is 1. The summed E-state index contributed by atoms with van der Waals surface area (Å²) in [5, 5.41) is 3.20. The largest absolute Gasteiger partial charge is 0.352 e. The zero-order valence-corrected chi connectivity index (χ0v) is 26.9. The molecule has 1 aliphatic rings. The van der Waals surface area contributed by atoms with Gasteiger partial charge in [-0.05, 0) is 54.0 Å². The summed E-state index contributed by atoms with van der Waals surface area (Å²) in [6.45, 7) is 8.02. The molecule has 3 aromatic carbocycles. The van der Waals surface area contributed by atoms with Gasteiger partial charge in [0.25, 0.3) is 0 Å². The zero-order chi connectivity index (χ0) is 31.2. The predicted octanol–water partition coefficient (Wildman–Crippen LogP) is 5.76. The van der Waals surface area contributed by atoms with Gasteiger partial charge < -0.3 is 10.2 Å². The van der Waals surface area contributed by atoms with Crippen molar-refractivity contribution in [3.05, 3.63) is 101 Å². The Morgan fingerprint density at radius 3 is 2.05 bits per heavy atom. The molecule has 2 amide bonds. The van der Waals surface area contributed by atoms with Crippen LogP contribution in [0.15, 0.2) is 78.9 Å². The quantitative estimate of drug-likeness (QED) is 0.302. The topological polar surface area (TPSA) is 86.8 Å². The third-order valence-electron chi connectivity index (χ3n) is 8.15. The van der Waals surface area contributed by atoms with E-state index in [-0.39, 0.29) is 23.9 Å². The molecule has 0 aliphatic heterocycles. The molecule has 1 atom stereocenters. The van der Waals surface area contributed by atoms with Gasteiger partial charge in [-0.3, -0.25) is 13.9 Å². The normalized spacial score (nSPS) is 14.7. The molecule has 230 valence electrons. The average molecular weight is 604 g/mol. The lowest BCUT2D eigenvalue weighted by Gasteiger charge is -2.34. The Morgan fingerprint density at radius 2 is 1.49 bits per heavy atom. The highest BCUT2D eigenvalue weighted by atomic mass is 32.2. The van der Waals surface area contributed by atoms with E-state index in [2.05, 4.69) is 26.1 Å². The lowest BCUT2D eigenvalue weighted by molar-refractivity contribution is -0.140. The van der Waals surface area contributed by atoms with Crippen LogP contribution in [0.25, 0.3) is 0 Å². The summed E-state index contributed by atoms with van der Waals surface area (Å²) in [4.78, 5) is 29.8. The van der Waals surface area contributed by atoms with E-state index in [1.807, 2.05) is 73.7 Å². The monoisotopic (exact) mass is 603 g/mol. The summed E-state index contributed by atoms with van der Waals surface area (Å²) in [6.07, 6.45) is 5.40. The van der Waals surface area contributed by atoms with Gasteiger partial charge in [-0.2, -0.15) is 0 Å². The number of carbonyl (C=O) groups excluding carboxylic acids is 2.